The maximum Gasteiger partial charge on any atom is 0.304 e. The van der Waals surface area contributed by atoms with Gasteiger partial charge in [0.05, 0.1) is 12.3 Å². The second kappa shape index (κ2) is 11.5. The molecule has 2 saturated carbocycles. The first-order chi connectivity index (χ1) is 21.1. The summed E-state index contributed by atoms with van der Waals surface area (Å²) in [5.74, 6) is 2.41. The molecule has 3 heterocycles. The molecule has 238 valence electrons. The van der Waals surface area contributed by atoms with Crippen LogP contribution in [0.25, 0.3) is 0 Å². The van der Waals surface area contributed by atoms with E-state index in [9.17, 15) is 13.2 Å². The van der Waals surface area contributed by atoms with E-state index in [0.29, 0.717) is 35.8 Å². The number of aryl methyl sites for hydroxylation is 1. The lowest BCUT2D eigenvalue weighted by Gasteiger charge is -2.52. The lowest BCUT2D eigenvalue weighted by atomic mass is 9.57. The lowest BCUT2D eigenvalue weighted by molar-refractivity contribution is -0.0373. The zero-order valence-corrected chi connectivity index (χ0v) is 27.5. The van der Waals surface area contributed by atoms with Crippen LogP contribution in [0.3, 0.4) is 0 Å². The predicted octanol–water partition coefficient (Wildman–Crippen LogP) is 5.44. The molecule has 0 aromatic heterocycles. The summed E-state index contributed by atoms with van der Waals surface area (Å²) in [6.07, 6.45) is 7.39. The molecular formula is C34H44ClN3O5S. The summed E-state index contributed by atoms with van der Waals surface area (Å²) in [5, 5.41) is 0.758. The number of methoxy groups -OCH3 is 1. The molecule has 6 aliphatic rings. The van der Waals surface area contributed by atoms with Gasteiger partial charge in [0, 0.05) is 55.9 Å². The summed E-state index contributed by atoms with van der Waals surface area (Å²) in [5.41, 5.74) is 3.55. The number of rotatable bonds is 2. The van der Waals surface area contributed by atoms with Crippen molar-refractivity contribution in [1.82, 2.24) is 9.03 Å². The lowest BCUT2D eigenvalue weighted by Crippen LogP contribution is -2.53. The minimum Gasteiger partial charge on any atom is -0.490 e. The predicted molar refractivity (Wildman–Crippen MR) is 172 cm³/mol. The van der Waals surface area contributed by atoms with E-state index in [-0.39, 0.29) is 17.4 Å². The van der Waals surface area contributed by atoms with Crippen LogP contribution in [0.15, 0.2) is 36.4 Å². The number of nitrogens with one attached hydrogen (secondary N) is 1. The fourth-order valence-electron chi connectivity index (χ4n) is 8.94. The number of carbonyl (C=O) groups is 1. The molecule has 4 bridgehead atoms. The standard InChI is InChI=1S/C34H44ClN3O5S/c1-21-25-13-26(14-25)29(18-42-3)28-9-6-24(28)17-38-19-34(12-4-5-22-15-27(35)8-10-30(22)34)20-43-32-11-7-23(16-31(32)38)33(39)36-44(40,41)37(21)2/h7-8,10-11,15-16,21,24-26,28-29H,4-6,9,12-14,17-20H2,1-3H3,(H,36,39)/t21-,24-,25?,26?,28+,29+,34-/m0/s1. The number of nitrogens with zero attached hydrogens (tertiary/aromatic N) is 2. The van der Waals surface area contributed by atoms with Crippen LogP contribution in [0.2, 0.25) is 5.02 Å². The van der Waals surface area contributed by atoms with E-state index < -0.39 is 16.1 Å². The van der Waals surface area contributed by atoms with Gasteiger partial charge in [0.15, 0.2) is 0 Å². The summed E-state index contributed by atoms with van der Waals surface area (Å²) < 4.78 is 42.8. The number of carbonyl (C=O) groups excluding carboxylic acids is 1. The molecular weight excluding hydrogens is 598 g/mol. The van der Waals surface area contributed by atoms with Crippen LogP contribution in [0.1, 0.15) is 66.9 Å². The molecule has 10 heteroatoms. The normalized spacial score (nSPS) is 34.8. The van der Waals surface area contributed by atoms with E-state index in [0.717, 1.165) is 68.3 Å². The minimum absolute atomic E-state index is 0.204. The van der Waals surface area contributed by atoms with Crippen molar-refractivity contribution in [3.05, 3.63) is 58.1 Å². The van der Waals surface area contributed by atoms with Crippen LogP contribution in [0, 0.1) is 29.6 Å². The van der Waals surface area contributed by atoms with Gasteiger partial charge < -0.3 is 14.4 Å². The molecule has 1 spiro atoms. The number of fused-ring (bicyclic) bond motifs is 6. The van der Waals surface area contributed by atoms with Gasteiger partial charge in [0.25, 0.3) is 5.91 Å². The van der Waals surface area contributed by atoms with Crippen molar-refractivity contribution in [2.45, 2.75) is 63.3 Å². The number of benzene rings is 2. The monoisotopic (exact) mass is 641 g/mol. The maximum absolute atomic E-state index is 13.5. The van der Waals surface area contributed by atoms with Gasteiger partial charge in [0.1, 0.15) is 5.75 Å². The van der Waals surface area contributed by atoms with Gasteiger partial charge in [0.2, 0.25) is 0 Å². The van der Waals surface area contributed by atoms with E-state index in [1.165, 1.54) is 28.3 Å². The van der Waals surface area contributed by atoms with Crippen LogP contribution in [0.5, 0.6) is 5.75 Å². The Morgan fingerprint density at radius 3 is 2.68 bits per heavy atom. The molecule has 2 aromatic rings. The van der Waals surface area contributed by atoms with Crippen LogP contribution in [0.4, 0.5) is 5.69 Å². The van der Waals surface area contributed by atoms with Crippen molar-refractivity contribution in [3.63, 3.8) is 0 Å². The highest BCUT2D eigenvalue weighted by atomic mass is 35.5. The summed E-state index contributed by atoms with van der Waals surface area (Å²) in [7, 11) is -0.647. The molecule has 2 fully saturated rings. The molecule has 5 atom stereocenters. The van der Waals surface area contributed by atoms with Crippen molar-refractivity contribution >= 4 is 33.4 Å². The first-order valence-corrected chi connectivity index (χ1v) is 18.0. The van der Waals surface area contributed by atoms with Gasteiger partial charge in [-0.2, -0.15) is 12.7 Å². The summed E-state index contributed by atoms with van der Waals surface area (Å²) in [6.45, 7) is 4.86. The van der Waals surface area contributed by atoms with E-state index in [2.05, 4.69) is 21.8 Å². The van der Waals surface area contributed by atoms with Crippen molar-refractivity contribution < 1.29 is 22.7 Å². The number of anilines is 1. The Morgan fingerprint density at radius 2 is 1.93 bits per heavy atom. The molecule has 44 heavy (non-hydrogen) atoms. The number of hydrogen-bond acceptors (Lipinski definition) is 6. The second-order valence-electron chi connectivity index (χ2n) is 14.1. The Kier molecular flexibility index (Phi) is 7.91. The molecule has 1 amide bonds. The average Bonchev–Trinajstić information content (AvgIpc) is 3.10. The van der Waals surface area contributed by atoms with Gasteiger partial charge in [-0.1, -0.05) is 17.7 Å². The molecule has 2 aromatic carbocycles. The fraction of sp³-hybridized carbons (Fsp3) is 0.618. The Hall–Kier alpha value is -2.33. The highest BCUT2D eigenvalue weighted by Gasteiger charge is 2.49. The highest BCUT2D eigenvalue weighted by molar-refractivity contribution is 7.87. The van der Waals surface area contributed by atoms with Gasteiger partial charge in [-0.05, 0) is 123 Å². The maximum atomic E-state index is 13.5. The topological polar surface area (TPSA) is 88.2 Å². The van der Waals surface area contributed by atoms with Crippen molar-refractivity contribution in [2.75, 3.05) is 45.4 Å². The van der Waals surface area contributed by atoms with Crippen molar-refractivity contribution in [2.24, 2.45) is 29.6 Å². The molecule has 8 rings (SSSR count). The smallest absolute Gasteiger partial charge is 0.304 e. The van der Waals surface area contributed by atoms with E-state index in [1.807, 2.05) is 25.1 Å². The highest BCUT2D eigenvalue weighted by Crippen LogP contribution is 2.52. The Morgan fingerprint density at radius 1 is 1.11 bits per heavy atom. The summed E-state index contributed by atoms with van der Waals surface area (Å²) >= 11 is 6.43. The molecule has 8 nitrogen and oxygen atoms in total. The third-order valence-corrected chi connectivity index (χ3v) is 13.6. The van der Waals surface area contributed by atoms with Gasteiger partial charge in [-0.25, -0.2) is 4.72 Å². The van der Waals surface area contributed by atoms with Gasteiger partial charge in [-0.3, -0.25) is 4.79 Å². The number of ether oxygens (including phenoxy) is 2. The van der Waals surface area contributed by atoms with Crippen LogP contribution in [-0.2, 0) is 26.8 Å². The Bertz CT molecular complexity index is 1550. The van der Waals surface area contributed by atoms with Crippen LogP contribution >= 0.6 is 11.6 Å². The molecule has 0 radical (unpaired) electrons. The summed E-state index contributed by atoms with van der Waals surface area (Å²) in [4.78, 5) is 15.9. The Labute approximate surface area is 266 Å². The third kappa shape index (κ3) is 5.21. The Balaban J connectivity index is 1.30. The van der Waals surface area contributed by atoms with Crippen molar-refractivity contribution in [3.8, 4) is 5.75 Å². The van der Waals surface area contributed by atoms with Crippen LogP contribution in [-0.4, -0.2) is 65.1 Å². The summed E-state index contributed by atoms with van der Waals surface area (Å²) in [6, 6.07) is 11.4. The first kappa shape index (κ1) is 30.3. The number of amides is 1. The molecule has 3 aliphatic heterocycles. The second-order valence-corrected chi connectivity index (χ2v) is 16.3. The number of hydrogen-bond donors (Lipinski definition) is 1. The minimum atomic E-state index is -4.02. The third-order valence-electron chi connectivity index (χ3n) is 11.8. The number of halogens is 1. The van der Waals surface area contributed by atoms with E-state index >= 15 is 0 Å². The zero-order chi connectivity index (χ0) is 30.8. The quantitative estimate of drug-likeness (QED) is 0.470. The molecule has 0 unspecified atom stereocenters. The molecule has 0 saturated heterocycles. The molecule has 1 N–H and O–H groups in total. The van der Waals surface area contributed by atoms with Gasteiger partial charge >= 0.3 is 10.2 Å². The zero-order valence-electron chi connectivity index (χ0n) is 25.9. The van der Waals surface area contributed by atoms with Gasteiger partial charge in [-0.15, -0.1) is 0 Å². The van der Waals surface area contributed by atoms with E-state index in [4.69, 9.17) is 21.1 Å². The van der Waals surface area contributed by atoms with E-state index in [1.54, 1.807) is 20.2 Å². The fourth-order valence-corrected chi connectivity index (χ4v) is 10.2. The molecule has 3 aliphatic carbocycles. The average molecular weight is 642 g/mol. The van der Waals surface area contributed by atoms with Crippen LogP contribution < -0.4 is 14.4 Å². The first-order valence-electron chi connectivity index (χ1n) is 16.2. The van der Waals surface area contributed by atoms with Crippen molar-refractivity contribution in [1.29, 1.82) is 0 Å². The SMILES string of the molecule is COC[C@@H]1C2CC(C2)[C@H](C)N(C)S(=O)(=O)NC(=O)c2ccc3c(c2)N(C[C@@H]2CC[C@H]21)C[C@@]1(CCCc2cc(Cl)ccc21)CO3. The largest absolute Gasteiger partial charge is 0.490 e.